The molecule has 0 spiro atoms. The standard InChI is InChI=1S/C37H47N3O11/c1-15-11-10-12-16(2)36(47)40-28-27(39)26(38)23-24(32(28)45)31(44)20(6)34-25(23)35(46)37(8,51-34)49-14-13-22(48-9)17(3)33(50-21(7)41)19(5)30(43)18(4)29(15)42/h10-15,17-19,22,29-30,33,38,42-44H,39H2,1-9H3,(H,40,47)/b11-10+,14-13+,16-12+,38-26?/t15-,17+,18+,19+,22-,29-,30+,33+,37-/m0/s1. The van der Waals surface area contributed by atoms with Crippen molar-refractivity contribution in [2.24, 2.45) is 29.4 Å². The fraction of sp³-hybridized carbons (Fsp3) is 0.486. The van der Waals surface area contributed by atoms with Gasteiger partial charge >= 0.3 is 11.8 Å². The molecule has 1 aromatic rings. The fourth-order valence-electron chi connectivity index (χ4n) is 6.75. The van der Waals surface area contributed by atoms with E-state index in [9.17, 15) is 34.5 Å². The van der Waals surface area contributed by atoms with Crippen LogP contribution in [0.5, 0.6) is 11.5 Å². The molecule has 1 aromatic carbocycles. The number of rotatable bonds is 2. The Morgan fingerprint density at radius 3 is 2.25 bits per heavy atom. The Balaban J connectivity index is 1.86. The van der Waals surface area contributed by atoms with Gasteiger partial charge < -0.3 is 45.3 Å². The highest BCUT2D eigenvalue weighted by Crippen LogP contribution is 2.48. The molecular formula is C37H47N3O11. The lowest BCUT2D eigenvalue weighted by Gasteiger charge is -2.38. The second kappa shape index (κ2) is 14.8. The van der Waals surface area contributed by atoms with Crippen molar-refractivity contribution in [2.75, 3.05) is 7.11 Å². The number of allylic oxidation sites excluding steroid dienone is 4. The summed E-state index contributed by atoms with van der Waals surface area (Å²) in [4.78, 5) is 53.2. The lowest BCUT2D eigenvalue weighted by Crippen LogP contribution is -2.46. The molecule has 1 aliphatic carbocycles. The number of hydrogen-bond acceptors (Lipinski definition) is 13. The summed E-state index contributed by atoms with van der Waals surface area (Å²) in [7, 11) is 1.42. The summed E-state index contributed by atoms with van der Waals surface area (Å²) in [5.74, 6) is -8.13. The molecule has 9 atom stereocenters. The van der Waals surface area contributed by atoms with Gasteiger partial charge in [0.25, 0.3) is 11.7 Å². The average molecular weight is 710 g/mol. The van der Waals surface area contributed by atoms with Crippen LogP contribution in [0.25, 0.3) is 0 Å². The van der Waals surface area contributed by atoms with Crippen molar-refractivity contribution >= 4 is 29.2 Å². The van der Waals surface area contributed by atoms with E-state index in [-0.39, 0.29) is 28.0 Å². The minimum absolute atomic E-state index is 0.0260. The third kappa shape index (κ3) is 7.08. The molecule has 276 valence electrons. The zero-order chi connectivity index (χ0) is 38.3. The third-order valence-corrected chi connectivity index (χ3v) is 10.0. The number of amides is 1. The van der Waals surface area contributed by atoms with Crippen molar-refractivity contribution in [3.63, 3.8) is 0 Å². The number of nitrogens with two attached hydrogens (primary N) is 1. The zero-order valence-electron chi connectivity index (χ0n) is 30.2. The predicted molar refractivity (Wildman–Crippen MR) is 185 cm³/mol. The maximum atomic E-state index is 14.0. The van der Waals surface area contributed by atoms with Crippen LogP contribution < -0.4 is 15.8 Å². The van der Waals surface area contributed by atoms with Gasteiger partial charge in [0.1, 0.15) is 23.3 Å². The van der Waals surface area contributed by atoms with Crippen LogP contribution in [-0.4, -0.2) is 81.8 Å². The first-order chi connectivity index (χ1) is 23.8. The number of Topliss-reactive ketones (excluding diaryl/α,β-unsaturated/α-hetero) is 2. The van der Waals surface area contributed by atoms with E-state index in [4.69, 9.17) is 30.1 Å². The maximum absolute atomic E-state index is 14.0. The number of nitrogens with one attached hydrogen (secondary N) is 2. The van der Waals surface area contributed by atoms with Crippen LogP contribution >= 0.6 is 0 Å². The number of ether oxygens (including phenoxy) is 4. The van der Waals surface area contributed by atoms with E-state index in [2.05, 4.69) is 5.32 Å². The number of carbonyl (C=O) groups is 4. The number of methoxy groups -OCH3 is 1. The highest BCUT2D eigenvalue weighted by molar-refractivity contribution is 6.33. The summed E-state index contributed by atoms with van der Waals surface area (Å²) in [6.45, 7) is 12.3. The maximum Gasteiger partial charge on any atom is 0.312 e. The number of aliphatic hydroxyl groups is 2. The summed E-state index contributed by atoms with van der Waals surface area (Å²) in [5.41, 5.74) is 4.18. The van der Waals surface area contributed by atoms with Crippen molar-refractivity contribution < 1.29 is 53.4 Å². The Labute approximate surface area is 296 Å². The van der Waals surface area contributed by atoms with E-state index >= 15 is 0 Å². The number of carbonyl (C=O) groups excluding carboxylic acids is 4. The van der Waals surface area contributed by atoms with Crippen molar-refractivity contribution in [3.05, 3.63) is 69.8 Å². The summed E-state index contributed by atoms with van der Waals surface area (Å²) in [5, 5.41) is 45.1. The van der Waals surface area contributed by atoms with Crippen LogP contribution in [0, 0.1) is 36.0 Å². The SMILES string of the molecule is CO[C@H]1/C=C/O[C@@]2(C)Oc3c(C)c(O)c4c(c3C2=O)C(=N)C(N)=C(NC(=O)/C(C)=C/C=C/[C@H](C)[C@H](O)[C@@H](C)[C@@H](O)[C@@H](C)[C@H](OC(C)=O)[C@@H]1C)C4=O. The second-order valence-corrected chi connectivity index (χ2v) is 13.6. The predicted octanol–water partition coefficient (Wildman–Crippen LogP) is 3.10. The van der Waals surface area contributed by atoms with E-state index in [1.807, 2.05) is 0 Å². The van der Waals surface area contributed by atoms with Crippen molar-refractivity contribution in [2.45, 2.75) is 85.6 Å². The van der Waals surface area contributed by atoms with Crippen LogP contribution in [0.1, 0.15) is 80.3 Å². The van der Waals surface area contributed by atoms with Gasteiger partial charge in [-0.3, -0.25) is 24.6 Å². The van der Waals surface area contributed by atoms with Gasteiger partial charge in [0, 0.05) is 61.3 Å². The lowest BCUT2D eigenvalue weighted by atomic mass is 9.78. The van der Waals surface area contributed by atoms with Crippen molar-refractivity contribution in [1.82, 2.24) is 5.32 Å². The molecule has 7 N–H and O–H groups in total. The highest BCUT2D eigenvalue weighted by atomic mass is 16.7. The zero-order valence-corrected chi connectivity index (χ0v) is 30.2. The number of hydrogen-bond donors (Lipinski definition) is 6. The first-order valence-electron chi connectivity index (χ1n) is 16.6. The Morgan fingerprint density at radius 1 is 1.00 bits per heavy atom. The Bertz CT molecular complexity index is 1780. The second-order valence-electron chi connectivity index (χ2n) is 13.6. The van der Waals surface area contributed by atoms with Gasteiger partial charge in [0.2, 0.25) is 5.78 Å². The number of esters is 1. The number of phenols is 1. The molecule has 14 heteroatoms. The van der Waals surface area contributed by atoms with E-state index in [1.165, 1.54) is 53.2 Å². The average Bonchev–Trinajstić information content (AvgIpc) is 3.35. The number of phenolic OH excluding ortho intramolecular Hbond substituents is 1. The summed E-state index contributed by atoms with van der Waals surface area (Å²) >= 11 is 0. The molecular weight excluding hydrogens is 662 g/mol. The Hall–Kier alpha value is -4.79. The van der Waals surface area contributed by atoms with Crippen LogP contribution in [-0.2, 0) is 23.8 Å². The third-order valence-electron chi connectivity index (χ3n) is 10.0. The molecule has 0 fully saturated rings. The van der Waals surface area contributed by atoms with Crippen LogP contribution in [0.15, 0.2) is 47.5 Å². The summed E-state index contributed by atoms with van der Waals surface area (Å²) < 4.78 is 23.2. The van der Waals surface area contributed by atoms with E-state index in [1.54, 1.807) is 39.8 Å². The quantitative estimate of drug-likeness (QED) is 0.244. The van der Waals surface area contributed by atoms with Crippen molar-refractivity contribution in [3.8, 4) is 11.5 Å². The highest BCUT2D eigenvalue weighted by Gasteiger charge is 2.52. The molecule has 51 heavy (non-hydrogen) atoms. The van der Waals surface area contributed by atoms with Crippen molar-refractivity contribution in [1.29, 1.82) is 5.41 Å². The molecule has 0 radical (unpaired) electrons. The van der Waals surface area contributed by atoms with E-state index < -0.39 is 106 Å². The molecule has 3 heterocycles. The number of ketones is 2. The van der Waals surface area contributed by atoms with Crippen LogP contribution in [0.3, 0.4) is 0 Å². The molecule has 4 aliphatic rings. The van der Waals surface area contributed by atoms with Crippen LogP contribution in [0.2, 0.25) is 0 Å². The van der Waals surface area contributed by atoms with Crippen LogP contribution in [0.4, 0.5) is 0 Å². The van der Waals surface area contributed by atoms with Gasteiger partial charge in [0.05, 0.1) is 47.1 Å². The molecule has 0 saturated carbocycles. The summed E-state index contributed by atoms with van der Waals surface area (Å²) in [6.07, 6.45) is 3.44. The van der Waals surface area contributed by atoms with Gasteiger partial charge in [-0.15, -0.1) is 0 Å². The van der Waals surface area contributed by atoms with E-state index in [0.29, 0.717) is 0 Å². The minimum Gasteiger partial charge on any atom is -0.507 e. The van der Waals surface area contributed by atoms with Gasteiger partial charge in [-0.05, 0) is 19.9 Å². The smallest absolute Gasteiger partial charge is 0.312 e. The molecule has 1 amide bonds. The normalized spacial score (nSPS) is 34.2. The topological polar surface area (TPSA) is 228 Å². The van der Waals surface area contributed by atoms with Gasteiger partial charge in [-0.1, -0.05) is 45.9 Å². The van der Waals surface area contributed by atoms with Gasteiger partial charge in [-0.25, -0.2) is 0 Å². The van der Waals surface area contributed by atoms with Gasteiger partial charge in [-0.2, -0.15) is 0 Å². The Morgan fingerprint density at radius 2 is 1.65 bits per heavy atom. The lowest BCUT2D eigenvalue weighted by molar-refractivity contribution is -0.160. The minimum atomic E-state index is -2.02. The molecule has 0 unspecified atom stereocenters. The number of aliphatic hydroxyl groups excluding tert-OH is 2. The fourth-order valence-corrected chi connectivity index (χ4v) is 6.75. The Kier molecular flexibility index (Phi) is 11.3. The first kappa shape index (κ1) is 39.0. The largest absolute Gasteiger partial charge is 0.507 e. The molecule has 0 saturated heterocycles. The number of aromatic hydroxyl groups is 1. The monoisotopic (exact) mass is 709 g/mol. The molecule has 14 nitrogen and oxygen atoms in total. The molecule has 5 bridgehead atoms. The van der Waals surface area contributed by atoms with Gasteiger partial charge in [0.15, 0.2) is 0 Å². The number of fused-ring (bicyclic) bond motifs is 14. The molecule has 3 aliphatic heterocycles. The molecule has 0 aromatic heterocycles. The first-order valence-corrected chi connectivity index (χ1v) is 16.6. The number of benzene rings is 1. The van der Waals surface area contributed by atoms with E-state index in [0.717, 1.165) is 0 Å². The summed E-state index contributed by atoms with van der Waals surface area (Å²) in [6, 6.07) is 0. The molecule has 5 rings (SSSR count).